The predicted molar refractivity (Wildman–Crippen MR) is 171 cm³/mol. The van der Waals surface area contributed by atoms with Gasteiger partial charge in [-0.15, -0.1) is 0 Å². The fourth-order valence-corrected chi connectivity index (χ4v) is 5.18. The summed E-state index contributed by atoms with van der Waals surface area (Å²) in [6, 6.07) is 13.4. The Balaban J connectivity index is 0.00000560. The van der Waals surface area contributed by atoms with Crippen LogP contribution in [0.1, 0.15) is 143 Å². The molecule has 2 aromatic carbocycles. The number of rotatable bonds is 8. The second-order valence-corrected chi connectivity index (χ2v) is 12.5. The molecule has 0 aliphatic rings. The van der Waals surface area contributed by atoms with Crippen LogP contribution in [0.4, 0.5) is 11.4 Å². The van der Waals surface area contributed by atoms with Crippen molar-refractivity contribution >= 4 is 22.8 Å². The molecule has 3 aromatic rings. The summed E-state index contributed by atoms with van der Waals surface area (Å²) in [7, 11) is 0. The van der Waals surface area contributed by atoms with Crippen molar-refractivity contribution in [2.24, 2.45) is 9.98 Å². The van der Waals surface area contributed by atoms with E-state index in [0.29, 0.717) is 23.7 Å². The molecule has 0 saturated carbocycles. The summed E-state index contributed by atoms with van der Waals surface area (Å²) in [6.07, 6.45) is 0. The average molecular weight is 654 g/mol. The van der Waals surface area contributed by atoms with E-state index in [4.69, 9.17) is 15.0 Å². The Bertz CT molecular complexity index is 1260. The van der Waals surface area contributed by atoms with Crippen molar-refractivity contribution in [1.29, 1.82) is 0 Å². The Kier molecular flexibility index (Phi) is 16.0. The van der Waals surface area contributed by atoms with Crippen LogP contribution in [-0.2, 0) is 16.8 Å². The Morgan fingerprint density at radius 1 is 0.500 bits per heavy atom. The minimum Gasteiger partial charge on any atom is -1.00 e. The van der Waals surface area contributed by atoms with Crippen LogP contribution in [0.3, 0.4) is 0 Å². The molecule has 0 saturated heterocycles. The number of halogens is 2. The molecule has 0 aliphatic heterocycles. The van der Waals surface area contributed by atoms with Crippen LogP contribution in [0, 0.1) is 20.8 Å². The first kappa shape index (κ1) is 40.0. The number of pyridine rings is 1. The van der Waals surface area contributed by atoms with Crippen LogP contribution >= 0.6 is 0 Å². The van der Waals surface area contributed by atoms with Crippen molar-refractivity contribution in [3.8, 4) is 0 Å². The zero-order chi connectivity index (χ0) is 29.2. The number of benzene rings is 2. The fraction of sp³-hybridized carbons (Fsp3) is 0.472. The molecule has 0 amide bonds. The van der Waals surface area contributed by atoms with Crippen molar-refractivity contribution in [1.82, 2.24) is 4.98 Å². The Hall–Kier alpha value is -1.98. The van der Waals surface area contributed by atoms with Crippen LogP contribution in [-0.4, -0.2) is 16.4 Å². The molecule has 42 heavy (non-hydrogen) atoms. The van der Waals surface area contributed by atoms with Crippen molar-refractivity contribution in [3.05, 3.63) is 86.7 Å². The molecule has 0 bridgehead atoms. The van der Waals surface area contributed by atoms with Gasteiger partial charge < -0.3 is 24.8 Å². The molecule has 3 nitrogen and oxygen atoms in total. The van der Waals surface area contributed by atoms with Crippen molar-refractivity contribution in [2.45, 2.75) is 114 Å². The maximum atomic E-state index is 5.24. The maximum Gasteiger partial charge on any atom is 2.00 e. The van der Waals surface area contributed by atoms with E-state index in [1.54, 1.807) is 0 Å². The third kappa shape index (κ3) is 9.51. The minimum atomic E-state index is 0. The number of nitrogens with zero attached hydrogens (tertiary/aromatic N) is 3. The van der Waals surface area contributed by atoms with E-state index in [9.17, 15) is 0 Å². The van der Waals surface area contributed by atoms with E-state index >= 15 is 0 Å². The Morgan fingerprint density at radius 2 is 0.738 bits per heavy atom. The molecule has 0 spiro atoms. The first-order valence-electron chi connectivity index (χ1n) is 14.6. The third-order valence-electron chi connectivity index (χ3n) is 7.38. The molecular weight excluding hydrogens is 604 g/mol. The molecule has 6 heteroatoms. The summed E-state index contributed by atoms with van der Waals surface area (Å²) in [4.78, 5) is 15.6. The van der Waals surface area contributed by atoms with E-state index < -0.39 is 0 Å². The van der Waals surface area contributed by atoms with E-state index in [-0.39, 0.29) is 41.6 Å². The van der Waals surface area contributed by atoms with Crippen LogP contribution in [0.2, 0.25) is 0 Å². The van der Waals surface area contributed by atoms with Gasteiger partial charge in [-0.2, -0.15) is 0 Å². The average Bonchev–Trinajstić information content (AvgIpc) is 2.84. The van der Waals surface area contributed by atoms with Gasteiger partial charge in [0.1, 0.15) is 0 Å². The van der Waals surface area contributed by atoms with Gasteiger partial charge in [-0.05, 0) is 98.2 Å². The van der Waals surface area contributed by atoms with E-state index in [0.717, 1.165) is 39.7 Å². The molecule has 1 heterocycles. The van der Waals surface area contributed by atoms with E-state index in [1.165, 1.54) is 33.4 Å². The number of aryl methyl sites for hydroxylation is 3. The van der Waals surface area contributed by atoms with Crippen LogP contribution < -0.4 is 24.8 Å². The van der Waals surface area contributed by atoms with E-state index in [1.807, 2.05) is 0 Å². The summed E-state index contributed by atoms with van der Waals surface area (Å²) in [5, 5.41) is 0. The predicted octanol–water partition coefficient (Wildman–Crippen LogP) is 4.79. The zero-order valence-corrected chi connectivity index (χ0v) is 30.3. The zero-order valence-electron chi connectivity index (χ0n) is 27.7. The second-order valence-electron chi connectivity index (χ2n) is 12.5. The Morgan fingerprint density at radius 3 is 0.976 bits per heavy atom. The van der Waals surface area contributed by atoms with Crippen LogP contribution in [0.25, 0.3) is 0 Å². The molecule has 3 rings (SSSR count). The molecule has 0 aliphatic carbocycles. The first-order valence-corrected chi connectivity index (χ1v) is 14.6. The summed E-state index contributed by atoms with van der Waals surface area (Å²) >= 11 is 0. The quantitative estimate of drug-likeness (QED) is 0.323. The van der Waals surface area contributed by atoms with Crippen LogP contribution in [0.5, 0.6) is 0 Å². The van der Waals surface area contributed by atoms with Gasteiger partial charge in [-0.1, -0.05) is 90.8 Å². The SMILES string of the molecule is CC(=Nc1c(C(C)C)cc(C)cc1C(C)C)c1cc(C)cc(C(C)=Nc2c(C(C)C)cc(C)cc2C(C)C)n1.[Cl-].[Cl-].[Co+2]. The van der Waals surface area contributed by atoms with Crippen LogP contribution in [0.15, 0.2) is 46.4 Å². The second kappa shape index (κ2) is 16.8. The monoisotopic (exact) mass is 652 g/mol. The molecular formula is C36H49Cl2CoN3. The molecule has 1 radical (unpaired) electrons. The van der Waals surface area contributed by atoms with Gasteiger partial charge in [-0.25, -0.2) is 4.98 Å². The Labute approximate surface area is 278 Å². The number of hydrogen-bond acceptors (Lipinski definition) is 3. The smallest absolute Gasteiger partial charge is 1.00 e. The van der Waals surface area contributed by atoms with Crippen molar-refractivity contribution in [3.63, 3.8) is 0 Å². The molecule has 0 unspecified atom stereocenters. The maximum absolute atomic E-state index is 5.24. The van der Waals surface area contributed by atoms with Gasteiger partial charge in [0.25, 0.3) is 0 Å². The summed E-state index contributed by atoms with van der Waals surface area (Å²) in [5.74, 6) is 1.57. The normalized spacial score (nSPS) is 12.0. The summed E-state index contributed by atoms with van der Waals surface area (Å²) < 4.78 is 0. The van der Waals surface area contributed by atoms with Crippen molar-refractivity contribution < 1.29 is 41.6 Å². The van der Waals surface area contributed by atoms with E-state index in [2.05, 4.69) is 126 Å². The topological polar surface area (TPSA) is 37.6 Å². The van der Waals surface area contributed by atoms with Gasteiger partial charge >= 0.3 is 16.8 Å². The summed E-state index contributed by atoms with van der Waals surface area (Å²) in [6.45, 7) is 28.6. The van der Waals surface area contributed by atoms with Gasteiger partial charge in [0.15, 0.2) is 0 Å². The number of aliphatic imine (C=N–C) groups is 2. The number of aromatic nitrogens is 1. The fourth-order valence-electron chi connectivity index (χ4n) is 5.18. The largest absolute Gasteiger partial charge is 2.00 e. The van der Waals surface area contributed by atoms with Gasteiger partial charge in [-0.3, -0.25) is 9.98 Å². The van der Waals surface area contributed by atoms with Gasteiger partial charge in [0.2, 0.25) is 0 Å². The van der Waals surface area contributed by atoms with Gasteiger partial charge in [0.05, 0.1) is 34.2 Å². The van der Waals surface area contributed by atoms with Crippen molar-refractivity contribution in [2.75, 3.05) is 0 Å². The molecule has 1 aromatic heterocycles. The summed E-state index contributed by atoms with van der Waals surface area (Å²) in [5.41, 5.74) is 14.8. The molecule has 0 atom stereocenters. The standard InChI is InChI=1S/C36H49N3.2ClH.Co/c1-20(2)29-14-24(9)15-30(21(3)4)35(29)37-27(12)33-18-26(11)19-34(39-33)28(13)38-36-31(22(5)6)16-25(10)17-32(36)23(7)8;;;/h14-23H,1-13H3;2*1H;/q;;;+2/p-2. The molecule has 231 valence electrons. The number of hydrogen-bond donors (Lipinski definition) is 0. The molecule has 0 N–H and O–H groups in total. The minimum absolute atomic E-state index is 0. The first-order chi connectivity index (χ1) is 18.2. The molecule has 0 fully saturated rings. The third-order valence-corrected chi connectivity index (χ3v) is 7.38. The van der Waals surface area contributed by atoms with Gasteiger partial charge in [0, 0.05) is 0 Å².